The molecule has 138 valence electrons. The summed E-state index contributed by atoms with van der Waals surface area (Å²) < 4.78 is 1.73. The van der Waals surface area contributed by atoms with Crippen molar-refractivity contribution in [1.82, 2.24) is 19.9 Å². The number of para-hydroxylation sites is 1. The van der Waals surface area contributed by atoms with Crippen LogP contribution in [0.3, 0.4) is 0 Å². The summed E-state index contributed by atoms with van der Waals surface area (Å²) in [5.41, 5.74) is 5.56. The van der Waals surface area contributed by atoms with Crippen molar-refractivity contribution in [2.24, 2.45) is 0 Å². The molecule has 0 atom stereocenters. The van der Waals surface area contributed by atoms with Crippen molar-refractivity contribution in [2.45, 2.75) is 20.4 Å². The maximum atomic E-state index is 13.2. The summed E-state index contributed by atoms with van der Waals surface area (Å²) in [6.07, 6.45) is 0. The van der Waals surface area contributed by atoms with E-state index in [0.29, 0.717) is 18.8 Å². The first-order valence-corrected chi connectivity index (χ1v) is 9.12. The summed E-state index contributed by atoms with van der Waals surface area (Å²) in [4.78, 5) is 17.2. The van der Waals surface area contributed by atoms with Gasteiger partial charge in [-0.05, 0) is 43.2 Å². The van der Waals surface area contributed by atoms with Crippen LogP contribution in [0.2, 0.25) is 0 Å². The normalized spacial score (nSPS) is 14.0. The monoisotopic (exact) mass is 361 g/mol. The van der Waals surface area contributed by atoms with Crippen LogP contribution in [-0.2, 0) is 6.54 Å². The van der Waals surface area contributed by atoms with Crippen LogP contribution >= 0.6 is 0 Å². The van der Waals surface area contributed by atoms with Crippen molar-refractivity contribution >= 4 is 11.6 Å². The standard InChI is InChI=1S/C21H23N5O/c1-15-7-6-9-18(13-15)26-16(2)20(22-23-26)21(27)25-12-11-24(3)19-10-5-4-8-17(19)14-25/h4-10,13H,11-12,14H2,1-3H3. The zero-order valence-corrected chi connectivity index (χ0v) is 15.9. The minimum atomic E-state index is -0.0727. The molecular formula is C21H23N5O. The second-order valence-corrected chi connectivity index (χ2v) is 7.05. The molecule has 1 aromatic heterocycles. The van der Waals surface area contributed by atoms with Crippen molar-refractivity contribution in [1.29, 1.82) is 0 Å². The minimum absolute atomic E-state index is 0.0727. The Morgan fingerprint density at radius 3 is 2.67 bits per heavy atom. The maximum absolute atomic E-state index is 13.2. The number of hydrogen-bond acceptors (Lipinski definition) is 4. The van der Waals surface area contributed by atoms with Crippen LogP contribution in [-0.4, -0.2) is 45.9 Å². The van der Waals surface area contributed by atoms with Crippen molar-refractivity contribution in [2.75, 3.05) is 25.0 Å². The molecule has 6 heteroatoms. The van der Waals surface area contributed by atoms with Gasteiger partial charge in [0.25, 0.3) is 5.91 Å². The molecule has 0 bridgehead atoms. The molecule has 0 N–H and O–H groups in total. The van der Waals surface area contributed by atoms with Crippen LogP contribution in [0.4, 0.5) is 5.69 Å². The van der Waals surface area contributed by atoms with Gasteiger partial charge in [-0.2, -0.15) is 0 Å². The lowest BCUT2D eigenvalue weighted by molar-refractivity contribution is 0.0745. The number of benzene rings is 2. The van der Waals surface area contributed by atoms with Crippen molar-refractivity contribution in [3.8, 4) is 5.69 Å². The highest BCUT2D eigenvalue weighted by molar-refractivity contribution is 5.93. The fraction of sp³-hybridized carbons (Fsp3) is 0.286. The number of rotatable bonds is 2. The molecule has 1 aliphatic rings. The number of anilines is 1. The van der Waals surface area contributed by atoms with Gasteiger partial charge >= 0.3 is 0 Å². The van der Waals surface area contributed by atoms with E-state index in [1.165, 1.54) is 5.69 Å². The lowest BCUT2D eigenvalue weighted by atomic mass is 10.1. The highest BCUT2D eigenvalue weighted by atomic mass is 16.2. The van der Waals surface area contributed by atoms with E-state index in [0.717, 1.165) is 29.1 Å². The zero-order valence-electron chi connectivity index (χ0n) is 15.9. The number of aromatic nitrogens is 3. The predicted molar refractivity (Wildman–Crippen MR) is 105 cm³/mol. The van der Waals surface area contributed by atoms with E-state index in [4.69, 9.17) is 0 Å². The van der Waals surface area contributed by atoms with Gasteiger partial charge in [-0.25, -0.2) is 4.68 Å². The topological polar surface area (TPSA) is 54.3 Å². The molecule has 0 fully saturated rings. The molecule has 1 amide bonds. The molecule has 0 saturated carbocycles. The second-order valence-electron chi connectivity index (χ2n) is 7.05. The van der Waals surface area contributed by atoms with Crippen molar-refractivity contribution < 1.29 is 4.79 Å². The fourth-order valence-corrected chi connectivity index (χ4v) is 3.55. The van der Waals surface area contributed by atoms with Crippen LogP contribution < -0.4 is 4.90 Å². The average molecular weight is 361 g/mol. The number of likely N-dealkylation sites (N-methyl/N-ethyl adjacent to an activating group) is 1. The Bertz CT molecular complexity index is 994. The summed E-state index contributed by atoms with van der Waals surface area (Å²) >= 11 is 0. The maximum Gasteiger partial charge on any atom is 0.276 e. The number of carbonyl (C=O) groups excluding carboxylic acids is 1. The Kier molecular flexibility index (Phi) is 4.39. The third-order valence-electron chi connectivity index (χ3n) is 5.10. The van der Waals surface area contributed by atoms with E-state index in [1.54, 1.807) is 4.68 Å². The Balaban J connectivity index is 1.64. The van der Waals surface area contributed by atoms with E-state index >= 15 is 0 Å². The van der Waals surface area contributed by atoms with Gasteiger partial charge in [0, 0.05) is 32.4 Å². The molecule has 0 radical (unpaired) electrons. The van der Waals surface area contributed by atoms with Crippen molar-refractivity contribution in [3.05, 3.63) is 71.0 Å². The summed E-state index contributed by atoms with van der Waals surface area (Å²) in [6.45, 7) is 5.95. The first-order chi connectivity index (χ1) is 13.0. The summed E-state index contributed by atoms with van der Waals surface area (Å²) in [5.74, 6) is -0.0727. The Morgan fingerprint density at radius 1 is 1.04 bits per heavy atom. The minimum Gasteiger partial charge on any atom is -0.373 e. The predicted octanol–water partition coefficient (Wildman–Crippen LogP) is 2.98. The van der Waals surface area contributed by atoms with E-state index < -0.39 is 0 Å². The SMILES string of the molecule is Cc1cccc(-n2nnc(C(=O)N3CCN(C)c4ccccc4C3)c2C)c1. The van der Waals surface area contributed by atoms with Gasteiger partial charge in [0.05, 0.1) is 11.4 Å². The summed E-state index contributed by atoms with van der Waals surface area (Å²) in [6, 6.07) is 16.2. The lowest BCUT2D eigenvalue weighted by Gasteiger charge is -2.20. The van der Waals surface area contributed by atoms with Crippen molar-refractivity contribution in [3.63, 3.8) is 0 Å². The molecule has 3 aromatic rings. The average Bonchev–Trinajstić information content (AvgIpc) is 2.97. The molecule has 2 aromatic carbocycles. The van der Waals surface area contributed by atoms with Crippen LogP contribution in [0.15, 0.2) is 48.5 Å². The summed E-state index contributed by atoms with van der Waals surface area (Å²) in [5, 5.41) is 8.45. The Hall–Kier alpha value is -3.15. The van der Waals surface area contributed by atoms with Gasteiger partial charge in [0.2, 0.25) is 0 Å². The molecular weight excluding hydrogens is 338 g/mol. The Morgan fingerprint density at radius 2 is 1.85 bits per heavy atom. The third kappa shape index (κ3) is 3.18. The van der Waals surface area contributed by atoms with Crippen LogP contribution in [0.5, 0.6) is 0 Å². The molecule has 27 heavy (non-hydrogen) atoms. The highest BCUT2D eigenvalue weighted by Crippen LogP contribution is 2.25. The van der Waals surface area contributed by atoms with Gasteiger partial charge in [-0.3, -0.25) is 4.79 Å². The van der Waals surface area contributed by atoms with Gasteiger partial charge in [-0.15, -0.1) is 5.10 Å². The number of nitrogens with zero attached hydrogens (tertiary/aromatic N) is 5. The fourth-order valence-electron chi connectivity index (χ4n) is 3.55. The van der Waals surface area contributed by atoms with Gasteiger partial charge in [0.15, 0.2) is 5.69 Å². The van der Waals surface area contributed by atoms with Crippen LogP contribution in [0.1, 0.15) is 27.3 Å². The molecule has 0 aliphatic carbocycles. The molecule has 0 saturated heterocycles. The Labute approximate surface area is 159 Å². The van der Waals surface area contributed by atoms with E-state index in [2.05, 4.69) is 34.4 Å². The van der Waals surface area contributed by atoms with E-state index in [-0.39, 0.29) is 5.91 Å². The highest BCUT2D eigenvalue weighted by Gasteiger charge is 2.26. The molecule has 0 unspecified atom stereocenters. The smallest absolute Gasteiger partial charge is 0.276 e. The number of amides is 1. The van der Waals surface area contributed by atoms with E-state index in [1.807, 2.05) is 55.1 Å². The molecule has 6 nitrogen and oxygen atoms in total. The van der Waals surface area contributed by atoms with E-state index in [9.17, 15) is 4.79 Å². The molecule has 4 rings (SSSR count). The molecule has 2 heterocycles. The number of aryl methyl sites for hydroxylation is 1. The van der Waals surface area contributed by atoms with Gasteiger partial charge in [-0.1, -0.05) is 35.5 Å². The molecule has 1 aliphatic heterocycles. The van der Waals surface area contributed by atoms with Gasteiger partial charge in [0.1, 0.15) is 0 Å². The van der Waals surface area contributed by atoms with Gasteiger partial charge < -0.3 is 9.80 Å². The number of carbonyl (C=O) groups is 1. The largest absolute Gasteiger partial charge is 0.373 e. The lowest BCUT2D eigenvalue weighted by Crippen LogP contribution is -2.35. The van der Waals surface area contributed by atoms with Crippen LogP contribution in [0.25, 0.3) is 5.69 Å². The molecule has 0 spiro atoms. The third-order valence-corrected chi connectivity index (χ3v) is 5.10. The first kappa shape index (κ1) is 17.3. The summed E-state index contributed by atoms with van der Waals surface area (Å²) in [7, 11) is 2.06. The number of hydrogen-bond donors (Lipinski definition) is 0. The zero-order chi connectivity index (χ0) is 19.0. The van der Waals surface area contributed by atoms with Crippen LogP contribution in [0, 0.1) is 13.8 Å². The quantitative estimate of drug-likeness (QED) is 0.704. The number of fused-ring (bicyclic) bond motifs is 1. The first-order valence-electron chi connectivity index (χ1n) is 9.12. The second kappa shape index (κ2) is 6.87.